The fourth-order valence-corrected chi connectivity index (χ4v) is 5.88. The molecule has 0 bridgehead atoms. The highest BCUT2D eigenvalue weighted by Crippen LogP contribution is 2.42. The second-order valence-corrected chi connectivity index (χ2v) is 13.4. The van der Waals surface area contributed by atoms with Crippen molar-refractivity contribution in [3.63, 3.8) is 0 Å². The van der Waals surface area contributed by atoms with Gasteiger partial charge in [0.1, 0.15) is 28.8 Å². The maximum absolute atomic E-state index is 15.5. The van der Waals surface area contributed by atoms with E-state index >= 15 is 4.39 Å². The van der Waals surface area contributed by atoms with Crippen molar-refractivity contribution in [1.29, 1.82) is 0 Å². The normalized spacial score (nSPS) is 18.7. The van der Waals surface area contributed by atoms with Gasteiger partial charge >= 0.3 is 12.1 Å². The van der Waals surface area contributed by atoms with Crippen LogP contribution in [0.1, 0.15) is 62.9 Å². The lowest BCUT2D eigenvalue weighted by atomic mass is 10.1. The smallest absolute Gasteiger partial charge is 0.408 e. The van der Waals surface area contributed by atoms with Crippen molar-refractivity contribution >= 4 is 57.3 Å². The molecular formula is C27H34ClFN4O7S. The molecule has 3 N–H and O–H groups in total. The number of pyridine rings is 1. The topological polar surface area (TPSA) is 153 Å². The summed E-state index contributed by atoms with van der Waals surface area (Å²) in [6, 6.07) is -0.407. The number of carboxylic acid groups (broad SMARTS) is 1. The molecule has 3 unspecified atom stereocenters. The summed E-state index contributed by atoms with van der Waals surface area (Å²) < 4.78 is 34.0. The molecule has 1 aromatic carbocycles. The van der Waals surface area contributed by atoms with Crippen molar-refractivity contribution in [2.45, 2.75) is 70.2 Å². The van der Waals surface area contributed by atoms with Crippen molar-refractivity contribution in [3.05, 3.63) is 38.9 Å². The van der Waals surface area contributed by atoms with E-state index in [1.54, 1.807) is 30.2 Å². The first-order chi connectivity index (χ1) is 19.2. The van der Waals surface area contributed by atoms with E-state index < -0.39 is 63.6 Å². The molecule has 2 aromatic rings. The van der Waals surface area contributed by atoms with Crippen LogP contribution in [-0.4, -0.2) is 75.0 Å². The van der Waals surface area contributed by atoms with Gasteiger partial charge in [0.25, 0.3) is 0 Å². The Morgan fingerprint density at radius 1 is 1.29 bits per heavy atom. The maximum Gasteiger partial charge on any atom is 0.408 e. The predicted octanol–water partition coefficient (Wildman–Crippen LogP) is 3.18. The second-order valence-electron chi connectivity index (χ2n) is 11.4. The third-order valence-electron chi connectivity index (χ3n) is 6.91. The monoisotopic (exact) mass is 612 g/mol. The Hall–Kier alpha value is -3.03. The van der Waals surface area contributed by atoms with E-state index in [-0.39, 0.29) is 46.4 Å². The minimum atomic E-state index is -1.39. The Morgan fingerprint density at radius 2 is 1.98 bits per heavy atom. The van der Waals surface area contributed by atoms with Crippen LogP contribution in [0.15, 0.2) is 17.1 Å². The van der Waals surface area contributed by atoms with E-state index in [0.29, 0.717) is 13.0 Å². The van der Waals surface area contributed by atoms with E-state index in [1.165, 1.54) is 12.5 Å². The molecule has 11 nitrogen and oxygen atoms in total. The number of halogens is 2. The highest BCUT2D eigenvalue weighted by atomic mass is 35.5. The van der Waals surface area contributed by atoms with Gasteiger partial charge in [0.15, 0.2) is 0 Å². The number of fused-ring (bicyclic) bond motifs is 1. The van der Waals surface area contributed by atoms with Crippen LogP contribution in [-0.2, 0) is 20.7 Å². The number of hydrogen-bond donors (Lipinski definition) is 3. The molecule has 3 atom stereocenters. The molecule has 2 heterocycles. The van der Waals surface area contributed by atoms with Gasteiger partial charge in [-0.2, -0.15) is 0 Å². The fraction of sp³-hybridized carbons (Fsp3) is 0.556. The lowest BCUT2D eigenvalue weighted by Crippen LogP contribution is -2.51. The Balaban J connectivity index is 1.55. The molecule has 2 aliphatic rings. The number of anilines is 1. The molecule has 0 radical (unpaired) electrons. The number of carbonyl (C=O) groups is 3. The maximum atomic E-state index is 15.5. The number of carboxylic acids is 1. The van der Waals surface area contributed by atoms with Crippen LogP contribution in [0.2, 0.25) is 5.02 Å². The summed E-state index contributed by atoms with van der Waals surface area (Å²) in [6.07, 6.45) is 4.14. The number of aromatic carboxylic acids is 1. The first-order valence-electron chi connectivity index (χ1n) is 13.3. The van der Waals surface area contributed by atoms with Gasteiger partial charge in [-0.25, -0.2) is 14.0 Å². The van der Waals surface area contributed by atoms with E-state index in [2.05, 4.69) is 10.6 Å². The van der Waals surface area contributed by atoms with Gasteiger partial charge in [-0.05, 0) is 46.1 Å². The molecule has 1 aromatic heterocycles. The van der Waals surface area contributed by atoms with Gasteiger partial charge in [0.2, 0.25) is 11.3 Å². The Labute approximate surface area is 244 Å². The predicted molar refractivity (Wildman–Crippen MR) is 154 cm³/mol. The molecule has 1 saturated heterocycles. The first kappa shape index (κ1) is 30.9. The summed E-state index contributed by atoms with van der Waals surface area (Å²) in [7, 11) is 0. The summed E-state index contributed by atoms with van der Waals surface area (Å²) in [6.45, 7) is 5.64. The lowest BCUT2D eigenvalue weighted by Gasteiger charge is -2.25. The standard InChI is InChI=1S/C27H34ClFN4O7S/c1-27(2,3)40-26(38)31-19(8-10-41(4)39)24(35)30-14-7-9-32(12-14)22-18(29)11-16-21(20(22)28)33(15-5-6-15)13-17(23(16)34)25(36)37/h11,13-15,19H,5-10,12H2,1-4H3,(H,30,35)(H,31,38)(H,36,37). The number of nitrogens with one attached hydrogen (secondary N) is 2. The number of ether oxygens (including phenoxy) is 1. The highest BCUT2D eigenvalue weighted by molar-refractivity contribution is 7.90. The number of carbonyl (C=O) groups excluding carboxylic acids is 2. The van der Waals surface area contributed by atoms with Crippen LogP contribution in [0.25, 0.3) is 10.9 Å². The van der Waals surface area contributed by atoms with Crippen molar-refractivity contribution in [2.75, 3.05) is 30.0 Å². The van der Waals surface area contributed by atoms with E-state index in [9.17, 15) is 28.8 Å². The zero-order chi connectivity index (χ0) is 30.2. The zero-order valence-corrected chi connectivity index (χ0v) is 24.9. The minimum Gasteiger partial charge on any atom is -0.617 e. The Bertz CT molecular complexity index is 1420. The molecule has 41 heavy (non-hydrogen) atoms. The molecule has 0 spiro atoms. The van der Waals surface area contributed by atoms with E-state index in [0.717, 1.165) is 18.9 Å². The van der Waals surface area contributed by atoms with Gasteiger partial charge in [0, 0.05) is 37.8 Å². The number of rotatable bonds is 9. The van der Waals surface area contributed by atoms with Gasteiger partial charge in [-0.1, -0.05) is 22.8 Å². The molecule has 14 heteroatoms. The van der Waals surface area contributed by atoms with Crippen molar-refractivity contribution in [1.82, 2.24) is 15.2 Å². The average molecular weight is 613 g/mol. The number of nitrogens with zero attached hydrogens (tertiary/aromatic N) is 2. The first-order valence-corrected chi connectivity index (χ1v) is 15.4. The summed E-state index contributed by atoms with van der Waals surface area (Å²) in [5, 5.41) is 14.8. The van der Waals surface area contributed by atoms with Crippen LogP contribution in [0.4, 0.5) is 14.9 Å². The van der Waals surface area contributed by atoms with Gasteiger partial charge < -0.3 is 34.5 Å². The van der Waals surface area contributed by atoms with E-state index in [1.807, 2.05) is 0 Å². The lowest BCUT2D eigenvalue weighted by molar-refractivity contribution is -0.123. The number of aromatic nitrogens is 1. The largest absolute Gasteiger partial charge is 0.617 e. The quantitative estimate of drug-likeness (QED) is 0.365. The molecule has 2 fully saturated rings. The fourth-order valence-electron chi connectivity index (χ4n) is 4.90. The highest BCUT2D eigenvalue weighted by Gasteiger charge is 2.34. The van der Waals surface area contributed by atoms with Crippen molar-refractivity contribution in [3.8, 4) is 0 Å². The number of amides is 2. The second kappa shape index (κ2) is 12.1. The van der Waals surface area contributed by atoms with Crippen molar-refractivity contribution in [2.24, 2.45) is 0 Å². The molecule has 2 amide bonds. The van der Waals surface area contributed by atoms with Gasteiger partial charge in [0.05, 0.1) is 27.9 Å². The van der Waals surface area contributed by atoms with Gasteiger partial charge in [-0.3, -0.25) is 9.59 Å². The van der Waals surface area contributed by atoms with Crippen molar-refractivity contribution < 1.29 is 33.2 Å². The summed E-state index contributed by atoms with van der Waals surface area (Å²) in [5.74, 6) is -2.46. The average Bonchev–Trinajstić information content (AvgIpc) is 3.60. The van der Waals surface area contributed by atoms with Gasteiger partial charge in [-0.15, -0.1) is 0 Å². The number of benzene rings is 1. The van der Waals surface area contributed by atoms with Crippen LogP contribution in [0, 0.1) is 5.82 Å². The zero-order valence-electron chi connectivity index (χ0n) is 23.3. The van der Waals surface area contributed by atoms with E-state index in [4.69, 9.17) is 16.3 Å². The summed E-state index contributed by atoms with van der Waals surface area (Å²) in [4.78, 5) is 51.6. The molecule has 1 aliphatic heterocycles. The number of alkyl carbamates (subject to hydrolysis) is 1. The van der Waals surface area contributed by atoms with Crippen LogP contribution < -0.4 is 21.0 Å². The Kier molecular flexibility index (Phi) is 9.10. The van der Waals surface area contributed by atoms with Crippen LogP contribution in [0.5, 0.6) is 0 Å². The molecular weight excluding hydrogens is 579 g/mol. The van der Waals surface area contributed by atoms with Crippen LogP contribution >= 0.6 is 11.6 Å². The number of hydrogen-bond acceptors (Lipinski definition) is 7. The molecule has 4 rings (SSSR count). The molecule has 224 valence electrons. The summed E-state index contributed by atoms with van der Waals surface area (Å²) in [5.41, 5.74) is -1.68. The molecule has 1 saturated carbocycles. The summed E-state index contributed by atoms with van der Waals surface area (Å²) >= 11 is 5.54. The Morgan fingerprint density at radius 3 is 2.56 bits per heavy atom. The SMILES string of the molecule is C[S+]([O-])CCC(NC(=O)OC(C)(C)C)C(=O)NC1CCN(c2c(F)cc3c(=O)c(C(=O)O)cn(C4CC4)c3c2Cl)C1. The minimum absolute atomic E-state index is 0.00260. The third-order valence-corrected chi connectivity index (χ3v) is 8.08. The van der Waals surface area contributed by atoms with Crippen LogP contribution in [0.3, 0.4) is 0 Å². The third kappa shape index (κ3) is 7.25. The molecule has 1 aliphatic carbocycles.